The summed E-state index contributed by atoms with van der Waals surface area (Å²) in [7, 11) is 0. The summed E-state index contributed by atoms with van der Waals surface area (Å²) in [6.07, 6.45) is 21.7. The van der Waals surface area contributed by atoms with Gasteiger partial charge >= 0.3 is 5.97 Å². The molecule has 0 saturated carbocycles. The summed E-state index contributed by atoms with van der Waals surface area (Å²) < 4.78 is 5.08. The van der Waals surface area contributed by atoms with Crippen LogP contribution in [0.15, 0.2) is 24.3 Å². The second-order valence-corrected chi connectivity index (χ2v) is 8.36. The largest absolute Gasteiger partial charge is 0.462 e. The Kier molecular flexibility index (Phi) is 24.2. The van der Waals surface area contributed by atoms with E-state index >= 15 is 0 Å². The molecule has 4 heteroatoms. The molecule has 1 amide bonds. The fraction of sp³-hybridized carbons (Fsp3) is 0.769. The molecule has 2 N–H and O–H groups in total. The van der Waals surface area contributed by atoms with Gasteiger partial charge in [-0.05, 0) is 20.3 Å². The molecule has 0 aliphatic heterocycles. The fourth-order valence-corrected chi connectivity index (χ4v) is 2.94. The average molecular weight is 424 g/mol. The van der Waals surface area contributed by atoms with Gasteiger partial charge in [0.05, 0.1) is 6.61 Å². The van der Waals surface area contributed by atoms with E-state index in [4.69, 9.17) is 10.5 Å². The number of carbonyl (C=O) groups excluding carboxylic acids is 2. The van der Waals surface area contributed by atoms with Crippen molar-refractivity contribution in [2.75, 3.05) is 6.61 Å². The van der Waals surface area contributed by atoms with E-state index in [-0.39, 0.29) is 5.97 Å². The molecule has 4 nitrogen and oxygen atoms in total. The van der Waals surface area contributed by atoms with Crippen LogP contribution >= 0.6 is 0 Å². The van der Waals surface area contributed by atoms with Crippen LogP contribution in [0.4, 0.5) is 0 Å². The van der Waals surface area contributed by atoms with Gasteiger partial charge in [0.1, 0.15) is 0 Å². The molecule has 0 aliphatic rings. The zero-order valence-electron chi connectivity index (χ0n) is 20.2. The normalized spacial score (nSPS) is 10.1. The minimum atomic E-state index is -0.435. The zero-order chi connectivity index (χ0) is 23.0. The molecule has 0 heterocycles. The molecule has 0 rings (SSSR count). The van der Waals surface area contributed by atoms with Gasteiger partial charge in [-0.2, -0.15) is 0 Å². The lowest BCUT2D eigenvalue weighted by Crippen LogP contribution is -2.10. The number of unbranched alkanes of at least 4 members (excludes halogenated alkanes) is 15. The molecule has 0 aromatic rings. The lowest BCUT2D eigenvalue weighted by Gasteiger charge is -2.05. The predicted octanol–water partition coefficient (Wildman–Crippen LogP) is 7.42. The van der Waals surface area contributed by atoms with Gasteiger partial charge in [-0.25, -0.2) is 4.79 Å². The summed E-state index contributed by atoms with van der Waals surface area (Å²) in [5, 5.41) is 0. The van der Waals surface area contributed by atoms with Gasteiger partial charge in [0, 0.05) is 11.1 Å². The second kappa shape index (κ2) is 23.7. The van der Waals surface area contributed by atoms with Crippen molar-refractivity contribution in [2.45, 2.75) is 124 Å². The van der Waals surface area contributed by atoms with Crippen LogP contribution in [0.1, 0.15) is 124 Å². The van der Waals surface area contributed by atoms with Crippen LogP contribution in [0.3, 0.4) is 0 Å². The van der Waals surface area contributed by atoms with E-state index in [1.54, 1.807) is 13.8 Å². The average Bonchev–Trinajstić information content (AvgIpc) is 2.70. The third-order valence-corrected chi connectivity index (χ3v) is 5.00. The van der Waals surface area contributed by atoms with Crippen LogP contribution in [0, 0.1) is 0 Å². The monoisotopic (exact) mass is 423 g/mol. The number of rotatable bonds is 19. The van der Waals surface area contributed by atoms with Gasteiger partial charge in [0.25, 0.3) is 0 Å². The Bertz CT molecular complexity index is 445. The van der Waals surface area contributed by atoms with Crippen molar-refractivity contribution >= 4 is 11.9 Å². The highest BCUT2D eigenvalue weighted by Crippen LogP contribution is 2.13. The standard InChI is InChI=1S/C22H42O2.C4H7NO/c1-4-5-6-7-8-9-10-11-12-13-14-15-16-17-18-19-20-24-22(23)21(2)3;1-3(2)4(5)6/h2,4-20H2,1,3H3;1H2,2H3,(H2,5,6). The summed E-state index contributed by atoms with van der Waals surface area (Å²) in [6, 6.07) is 0. The van der Waals surface area contributed by atoms with Crippen LogP contribution < -0.4 is 5.73 Å². The Morgan fingerprint density at radius 1 is 0.633 bits per heavy atom. The number of carbonyl (C=O) groups is 2. The number of nitrogens with two attached hydrogens (primary N) is 1. The van der Waals surface area contributed by atoms with Gasteiger partial charge in [-0.15, -0.1) is 0 Å². The molecular weight excluding hydrogens is 374 g/mol. The first-order chi connectivity index (χ1) is 14.3. The first-order valence-corrected chi connectivity index (χ1v) is 12.1. The molecule has 0 radical (unpaired) electrons. The number of primary amides is 1. The smallest absolute Gasteiger partial charge is 0.333 e. The Labute approximate surface area is 186 Å². The number of hydrogen-bond donors (Lipinski definition) is 1. The van der Waals surface area contributed by atoms with E-state index in [1.807, 2.05) is 0 Å². The molecule has 0 aromatic heterocycles. The highest BCUT2D eigenvalue weighted by Gasteiger charge is 2.01. The van der Waals surface area contributed by atoms with Crippen LogP contribution in [-0.2, 0) is 14.3 Å². The van der Waals surface area contributed by atoms with Crippen LogP contribution in [0.5, 0.6) is 0 Å². The third-order valence-electron chi connectivity index (χ3n) is 5.00. The quantitative estimate of drug-likeness (QED) is 0.133. The van der Waals surface area contributed by atoms with Crippen molar-refractivity contribution in [3.8, 4) is 0 Å². The molecule has 0 unspecified atom stereocenters. The Balaban J connectivity index is 0. The molecule has 0 aliphatic carbocycles. The molecule has 0 bridgehead atoms. The van der Waals surface area contributed by atoms with E-state index in [9.17, 15) is 9.59 Å². The summed E-state index contributed by atoms with van der Waals surface area (Å²) in [4.78, 5) is 21.0. The fourth-order valence-electron chi connectivity index (χ4n) is 2.94. The summed E-state index contributed by atoms with van der Waals surface area (Å²) >= 11 is 0. The van der Waals surface area contributed by atoms with Crippen molar-refractivity contribution in [1.82, 2.24) is 0 Å². The topological polar surface area (TPSA) is 69.4 Å². The zero-order valence-corrected chi connectivity index (χ0v) is 20.2. The summed E-state index contributed by atoms with van der Waals surface area (Å²) in [5.74, 6) is -0.689. The van der Waals surface area contributed by atoms with Gasteiger partial charge in [0.15, 0.2) is 0 Å². The van der Waals surface area contributed by atoms with Gasteiger partial charge in [-0.3, -0.25) is 4.79 Å². The first kappa shape index (κ1) is 30.6. The van der Waals surface area contributed by atoms with Crippen molar-refractivity contribution in [1.29, 1.82) is 0 Å². The minimum absolute atomic E-state index is 0.254. The number of esters is 1. The molecule has 0 atom stereocenters. The van der Waals surface area contributed by atoms with E-state index in [0.717, 1.165) is 6.42 Å². The minimum Gasteiger partial charge on any atom is -0.462 e. The Morgan fingerprint density at radius 2 is 0.933 bits per heavy atom. The Hall–Kier alpha value is -1.58. The van der Waals surface area contributed by atoms with Crippen LogP contribution in [0.25, 0.3) is 0 Å². The second-order valence-electron chi connectivity index (χ2n) is 8.36. The number of ether oxygens (including phenoxy) is 1. The van der Waals surface area contributed by atoms with Crippen molar-refractivity contribution in [3.63, 3.8) is 0 Å². The maximum atomic E-state index is 11.2. The third kappa shape index (κ3) is 26.4. The summed E-state index contributed by atoms with van der Waals surface area (Å²) in [6.45, 7) is 12.9. The lowest BCUT2D eigenvalue weighted by atomic mass is 10.0. The predicted molar refractivity (Wildman–Crippen MR) is 129 cm³/mol. The van der Waals surface area contributed by atoms with Crippen molar-refractivity contribution < 1.29 is 14.3 Å². The number of amides is 1. The van der Waals surface area contributed by atoms with E-state index in [0.29, 0.717) is 17.8 Å². The molecule has 176 valence electrons. The maximum absolute atomic E-state index is 11.2. The van der Waals surface area contributed by atoms with Crippen molar-refractivity contribution in [3.05, 3.63) is 24.3 Å². The highest BCUT2D eigenvalue weighted by atomic mass is 16.5. The van der Waals surface area contributed by atoms with E-state index < -0.39 is 5.91 Å². The molecule has 0 spiro atoms. The van der Waals surface area contributed by atoms with Crippen LogP contribution in [0.2, 0.25) is 0 Å². The molecule has 30 heavy (non-hydrogen) atoms. The Morgan fingerprint density at radius 3 is 1.20 bits per heavy atom. The SMILES string of the molecule is C=C(C)C(=O)OCCCCCCCCCCCCCCCCCC.C=C(C)C(N)=O. The van der Waals surface area contributed by atoms with Crippen LogP contribution in [-0.4, -0.2) is 18.5 Å². The van der Waals surface area contributed by atoms with Crippen molar-refractivity contribution in [2.24, 2.45) is 5.73 Å². The van der Waals surface area contributed by atoms with E-state index in [1.165, 1.54) is 96.3 Å². The van der Waals surface area contributed by atoms with Gasteiger partial charge in [0.2, 0.25) is 5.91 Å². The number of hydrogen-bond acceptors (Lipinski definition) is 3. The summed E-state index contributed by atoms with van der Waals surface area (Å²) in [5.41, 5.74) is 5.59. The highest BCUT2D eigenvalue weighted by molar-refractivity contribution is 5.90. The van der Waals surface area contributed by atoms with Gasteiger partial charge in [-0.1, -0.05) is 116 Å². The molecule has 0 saturated heterocycles. The van der Waals surface area contributed by atoms with Gasteiger partial charge < -0.3 is 10.5 Å². The maximum Gasteiger partial charge on any atom is 0.333 e. The van der Waals surface area contributed by atoms with E-state index in [2.05, 4.69) is 20.1 Å². The first-order valence-electron chi connectivity index (χ1n) is 12.1. The lowest BCUT2D eigenvalue weighted by molar-refractivity contribution is -0.139. The molecule has 0 aromatic carbocycles. The molecular formula is C26H49NO3. The molecule has 0 fully saturated rings.